The molecule has 11 atom stereocenters. The molecule has 0 radical (unpaired) electrons. The van der Waals surface area contributed by atoms with E-state index in [1.807, 2.05) is 78.0 Å². The molecule has 2 N–H and O–H groups in total. The van der Waals surface area contributed by atoms with E-state index in [1.54, 1.807) is 12.2 Å². The summed E-state index contributed by atoms with van der Waals surface area (Å²) in [6.45, 7) is 19.6. The maximum Gasteiger partial charge on any atom is 0.331 e. The molecule has 0 aromatic carbocycles. The maximum absolute atomic E-state index is 12.9. The lowest BCUT2D eigenvalue weighted by atomic mass is 9.82. The van der Waals surface area contributed by atoms with Crippen LogP contribution >= 0.6 is 0 Å². The molecule has 2 rings (SSSR count). The summed E-state index contributed by atoms with van der Waals surface area (Å²) < 4.78 is 24.4. The van der Waals surface area contributed by atoms with E-state index in [0.717, 1.165) is 6.42 Å². The first-order valence-corrected chi connectivity index (χ1v) is 17.5. The van der Waals surface area contributed by atoms with Gasteiger partial charge in [-0.1, -0.05) is 96.7 Å². The minimum atomic E-state index is -1.05. The number of hydrogen-bond acceptors (Lipinski definition) is 8. The molecule has 9 heteroatoms. The molecule has 48 heavy (non-hydrogen) atoms. The van der Waals surface area contributed by atoms with Crippen LogP contribution in [0.25, 0.3) is 0 Å². The summed E-state index contributed by atoms with van der Waals surface area (Å²) in [6.07, 6.45) is 16.2. The highest BCUT2D eigenvalue weighted by atomic mass is 16.7. The van der Waals surface area contributed by atoms with Crippen LogP contribution in [0.3, 0.4) is 0 Å². The Morgan fingerprint density at radius 3 is 2.40 bits per heavy atom. The monoisotopic (exact) mass is 672 g/mol. The molecule has 0 spiro atoms. The Labute approximate surface area is 288 Å². The van der Waals surface area contributed by atoms with E-state index >= 15 is 0 Å². The molecule has 0 aromatic rings. The smallest absolute Gasteiger partial charge is 0.331 e. The average Bonchev–Trinajstić information content (AvgIpc) is 3.01. The Hall–Kier alpha value is -3.01. The molecule has 0 saturated carbocycles. The highest BCUT2D eigenvalue weighted by molar-refractivity contribution is 5.82. The summed E-state index contributed by atoms with van der Waals surface area (Å²) in [4.78, 5) is 36.8. The first-order chi connectivity index (χ1) is 22.5. The molecule has 2 aliphatic heterocycles. The number of carbonyl (C=O) groups excluding carboxylic acids is 2. The zero-order chi connectivity index (χ0) is 36.0. The number of hydrogen-bond donors (Lipinski definition) is 2. The van der Waals surface area contributed by atoms with Crippen molar-refractivity contribution in [1.82, 2.24) is 0 Å². The van der Waals surface area contributed by atoms with E-state index < -0.39 is 42.0 Å². The van der Waals surface area contributed by atoms with Gasteiger partial charge in [0.25, 0.3) is 0 Å². The number of aliphatic hydroxyl groups excluding tert-OH is 1. The highest BCUT2D eigenvalue weighted by Crippen LogP contribution is 2.33. The number of cyclic esters (lactones) is 1. The minimum Gasteiger partial charge on any atom is -0.481 e. The second-order valence-corrected chi connectivity index (χ2v) is 14.3. The third kappa shape index (κ3) is 14.2. The van der Waals surface area contributed by atoms with Crippen molar-refractivity contribution in [3.05, 3.63) is 61.3 Å². The lowest BCUT2D eigenvalue weighted by Crippen LogP contribution is -2.46. The van der Waals surface area contributed by atoms with Crippen molar-refractivity contribution in [1.29, 1.82) is 0 Å². The van der Waals surface area contributed by atoms with Gasteiger partial charge in [-0.25, -0.2) is 4.79 Å². The molecule has 270 valence electrons. The fourth-order valence-corrected chi connectivity index (χ4v) is 6.64. The third-order valence-corrected chi connectivity index (χ3v) is 9.37. The number of esters is 2. The summed E-state index contributed by atoms with van der Waals surface area (Å²) in [5.74, 6) is -3.39. The first-order valence-electron chi connectivity index (χ1n) is 17.5. The Bertz CT molecular complexity index is 1170. The first kappa shape index (κ1) is 41.2. The zero-order valence-corrected chi connectivity index (χ0v) is 30.2. The molecule has 0 aromatic heterocycles. The number of allylic oxidation sites excluding steroid dienone is 4. The van der Waals surface area contributed by atoms with Crippen molar-refractivity contribution in [2.24, 2.45) is 35.5 Å². The fourth-order valence-electron chi connectivity index (χ4n) is 6.64. The van der Waals surface area contributed by atoms with Gasteiger partial charge in [0.15, 0.2) is 5.79 Å². The summed E-state index contributed by atoms with van der Waals surface area (Å²) in [5, 5.41) is 20.3. The van der Waals surface area contributed by atoms with Gasteiger partial charge in [-0.2, -0.15) is 0 Å². The van der Waals surface area contributed by atoms with Crippen LogP contribution in [0.4, 0.5) is 0 Å². The van der Waals surface area contributed by atoms with Crippen LogP contribution in [-0.4, -0.2) is 64.4 Å². The Kier molecular flexibility index (Phi) is 17.0. The van der Waals surface area contributed by atoms with Crippen LogP contribution in [0.5, 0.6) is 0 Å². The molecular formula is C39H60O9. The van der Waals surface area contributed by atoms with Crippen molar-refractivity contribution < 1.29 is 43.5 Å². The third-order valence-electron chi connectivity index (χ3n) is 9.37. The fraction of sp³-hybridized carbons (Fsp3) is 0.667. The topological polar surface area (TPSA) is 129 Å². The summed E-state index contributed by atoms with van der Waals surface area (Å²) >= 11 is 0. The van der Waals surface area contributed by atoms with E-state index in [9.17, 15) is 19.5 Å². The maximum atomic E-state index is 12.9. The van der Waals surface area contributed by atoms with Gasteiger partial charge < -0.3 is 29.2 Å². The largest absolute Gasteiger partial charge is 0.481 e. The number of rotatable bonds is 7. The van der Waals surface area contributed by atoms with Gasteiger partial charge in [-0.3, -0.25) is 9.59 Å². The molecule has 1 saturated heterocycles. The second kappa shape index (κ2) is 19.9. The van der Waals surface area contributed by atoms with Gasteiger partial charge in [0, 0.05) is 36.2 Å². The highest BCUT2D eigenvalue weighted by Gasteiger charge is 2.37. The Balaban J connectivity index is 2.43. The van der Waals surface area contributed by atoms with Gasteiger partial charge in [0.2, 0.25) is 0 Å². The van der Waals surface area contributed by atoms with Crippen molar-refractivity contribution in [3.8, 4) is 0 Å². The summed E-state index contributed by atoms with van der Waals surface area (Å²) in [7, 11) is 0. The average molecular weight is 673 g/mol. The van der Waals surface area contributed by atoms with Crippen LogP contribution in [-0.2, 0) is 33.3 Å². The van der Waals surface area contributed by atoms with Gasteiger partial charge in [-0.05, 0) is 44.9 Å². The number of carboxylic acid groups (broad SMARTS) is 1. The molecule has 2 bridgehead atoms. The van der Waals surface area contributed by atoms with E-state index in [0.29, 0.717) is 19.3 Å². The molecule has 2 aliphatic rings. The predicted octanol–water partition coefficient (Wildman–Crippen LogP) is 7.36. The molecule has 9 nitrogen and oxygen atoms in total. The summed E-state index contributed by atoms with van der Waals surface area (Å²) in [6, 6.07) is 0. The lowest BCUT2D eigenvalue weighted by molar-refractivity contribution is -0.295. The zero-order valence-electron chi connectivity index (χ0n) is 30.2. The number of carboxylic acids is 1. The van der Waals surface area contributed by atoms with Gasteiger partial charge in [0.05, 0.1) is 31.2 Å². The molecule has 0 aliphatic carbocycles. The van der Waals surface area contributed by atoms with Crippen molar-refractivity contribution in [3.63, 3.8) is 0 Å². The van der Waals surface area contributed by atoms with Crippen LogP contribution in [0.15, 0.2) is 61.3 Å². The number of aliphatic hydroxyl groups is 1. The lowest BCUT2D eigenvalue weighted by Gasteiger charge is -2.41. The Morgan fingerprint density at radius 2 is 1.73 bits per heavy atom. The van der Waals surface area contributed by atoms with E-state index in [-0.39, 0.29) is 60.6 Å². The van der Waals surface area contributed by atoms with Gasteiger partial charge in [0.1, 0.15) is 12.2 Å². The normalized spacial score (nSPS) is 36.7. The van der Waals surface area contributed by atoms with Crippen LogP contribution in [0.1, 0.15) is 93.9 Å². The van der Waals surface area contributed by atoms with Crippen LogP contribution in [0.2, 0.25) is 0 Å². The van der Waals surface area contributed by atoms with Gasteiger partial charge >= 0.3 is 17.9 Å². The van der Waals surface area contributed by atoms with Gasteiger partial charge in [-0.15, -0.1) is 0 Å². The number of carbonyl (C=O) groups is 3. The van der Waals surface area contributed by atoms with E-state index in [4.69, 9.17) is 24.1 Å². The van der Waals surface area contributed by atoms with E-state index in [2.05, 4.69) is 20.4 Å². The summed E-state index contributed by atoms with van der Waals surface area (Å²) in [5.41, 5.74) is 0. The van der Waals surface area contributed by atoms with E-state index in [1.165, 1.54) is 6.08 Å². The number of aliphatic carboxylic acids is 1. The predicted molar refractivity (Wildman–Crippen MR) is 187 cm³/mol. The number of ether oxygens (including phenoxy) is 4. The van der Waals surface area contributed by atoms with Crippen molar-refractivity contribution in [2.75, 3.05) is 0 Å². The standard InChI is InChI=1S/C39H60O9/c1-10-11-14-27(4)38-30(7)32(40)20-17-25(2)23-29(6)37(45-36(44)22-21-34(41)42)28(5)18-19-31-24-33(48-39(8,9)47-31)26(3)15-12-13-16-35(43)46-38/h10-16,18-19,25-33,37-38,40H,1,17,20-24H2,2-9H3,(H,41,42)/b14-11-,15-12+,16-13-,19-18-/t25-,26+,27-,28-,29-,30-,31+,32+,33-,37-,38-/m0/s1. The van der Waals surface area contributed by atoms with Crippen LogP contribution in [0, 0.1) is 35.5 Å². The molecule has 0 amide bonds. The SMILES string of the molecule is C=C/C=C\[C@H](C)[C@@H]1OC(=O)/C=C\C=C\[C@@H](C)[C@@H]2C[C@@H](/C=C\[C@H](C)[C@H](OC(=O)CCC(=O)O)[C@@H](C)C[C@@H](C)CC[C@@H](O)[C@@H]1C)OC(C)(C)O2. The molecule has 2 heterocycles. The molecule has 0 unspecified atom stereocenters. The second-order valence-electron chi connectivity index (χ2n) is 14.3. The Morgan fingerprint density at radius 1 is 1.02 bits per heavy atom. The van der Waals surface area contributed by atoms with Crippen molar-refractivity contribution >= 4 is 17.9 Å². The van der Waals surface area contributed by atoms with Crippen LogP contribution < -0.4 is 0 Å². The molecular weight excluding hydrogens is 612 g/mol. The van der Waals surface area contributed by atoms with Crippen molar-refractivity contribution in [2.45, 2.75) is 130 Å². The quantitative estimate of drug-likeness (QED) is 0.162. The molecule has 1 fully saturated rings. The number of fused-ring (bicyclic) bond motifs is 2. The minimum absolute atomic E-state index is 0.0106.